The summed E-state index contributed by atoms with van der Waals surface area (Å²) >= 11 is 0. The molecular formula is C10H14O2. The van der Waals surface area contributed by atoms with Crippen molar-refractivity contribution in [3.63, 3.8) is 0 Å². The quantitative estimate of drug-likeness (QED) is 0.557. The van der Waals surface area contributed by atoms with Crippen LogP contribution in [0.3, 0.4) is 0 Å². The second-order valence-electron chi connectivity index (χ2n) is 3.93. The molecule has 0 atom stereocenters. The third-order valence-electron chi connectivity index (χ3n) is 2.36. The van der Waals surface area contributed by atoms with Gasteiger partial charge >= 0.3 is 0 Å². The average Bonchev–Trinajstić information content (AvgIpc) is 1.94. The number of ketones is 2. The Balaban J connectivity index is 2.99. The normalized spacial score (nSPS) is 21.9. The first-order valence-corrected chi connectivity index (χ1v) is 4.21. The van der Waals surface area contributed by atoms with E-state index in [0.717, 1.165) is 12.8 Å². The fourth-order valence-corrected chi connectivity index (χ4v) is 1.45. The molecule has 1 rings (SSSR count). The highest BCUT2D eigenvalue weighted by Gasteiger charge is 2.33. The lowest BCUT2D eigenvalue weighted by Gasteiger charge is -2.26. The Bertz CT molecular complexity index is 259. The van der Waals surface area contributed by atoms with Gasteiger partial charge in [0.05, 0.1) is 5.57 Å². The second kappa shape index (κ2) is 2.85. The van der Waals surface area contributed by atoms with E-state index in [1.807, 2.05) is 13.8 Å². The van der Waals surface area contributed by atoms with Crippen molar-refractivity contribution in [2.75, 3.05) is 0 Å². The topological polar surface area (TPSA) is 34.1 Å². The number of rotatable bonds is 1. The molecule has 0 fully saturated rings. The van der Waals surface area contributed by atoms with Gasteiger partial charge in [0.1, 0.15) is 0 Å². The Morgan fingerprint density at radius 1 is 1.50 bits per heavy atom. The fourth-order valence-electron chi connectivity index (χ4n) is 1.45. The fraction of sp³-hybridized carbons (Fsp3) is 0.600. The van der Waals surface area contributed by atoms with Crippen LogP contribution in [0.2, 0.25) is 0 Å². The van der Waals surface area contributed by atoms with Gasteiger partial charge in [-0.25, -0.2) is 0 Å². The predicted molar refractivity (Wildman–Crippen MR) is 46.8 cm³/mol. The summed E-state index contributed by atoms with van der Waals surface area (Å²) in [5.74, 6) is -0.103. The Kier molecular flexibility index (Phi) is 2.18. The van der Waals surface area contributed by atoms with Crippen LogP contribution in [-0.2, 0) is 9.59 Å². The van der Waals surface area contributed by atoms with Crippen LogP contribution in [0.4, 0.5) is 0 Å². The molecule has 0 heterocycles. The van der Waals surface area contributed by atoms with Gasteiger partial charge in [0.2, 0.25) is 0 Å². The summed E-state index contributed by atoms with van der Waals surface area (Å²) in [4.78, 5) is 22.6. The minimum Gasteiger partial charge on any atom is -0.294 e. The largest absolute Gasteiger partial charge is 0.294 e. The van der Waals surface area contributed by atoms with Crippen LogP contribution >= 0.6 is 0 Å². The van der Waals surface area contributed by atoms with E-state index in [2.05, 4.69) is 0 Å². The molecule has 0 saturated heterocycles. The molecule has 0 spiro atoms. The van der Waals surface area contributed by atoms with E-state index in [-0.39, 0.29) is 17.0 Å². The van der Waals surface area contributed by atoms with Crippen molar-refractivity contribution in [1.82, 2.24) is 0 Å². The molecule has 1 aliphatic rings. The molecule has 0 saturated carbocycles. The molecule has 0 N–H and O–H groups in total. The molecule has 66 valence electrons. The minimum absolute atomic E-state index is 0.00116. The van der Waals surface area contributed by atoms with Crippen molar-refractivity contribution in [2.45, 2.75) is 33.6 Å². The molecule has 2 heteroatoms. The number of Topliss-reactive ketones (excluding diaryl/α,β-unsaturated/α-hetero) is 2. The molecule has 12 heavy (non-hydrogen) atoms. The lowest BCUT2D eigenvalue weighted by molar-refractivity contribution is -0.127. The molecule has 1 aliphatic carbocycles. The van der Waals surface area contributed by atoms with Gasteiger partial charge < -0.3 is 0 Å². The van der Waals surface area contributed by atoms with Crippen LogP contribution in [0, 0.1) is 5.41 Å². The molecular weight excluding hydrogens is 152 g/mol. The molecule has 0 aromatic carbocycles. The first-order valence-electron chi connectivity index (χ1n) is 4.21. The highest BCUT2D eigenvalue weighted by atomic mass is 16.1. The molecule has 0 aromatic heterocycles. The highest BCUT2D eigenvalue weighted by Crippen LogP contribution is 2.31. The third kappa shape index (κ3) is 1.47. The molecule has 0 radical (unpaired) electrons. The maximum Gasteiger partial charge on any atom is 0.171 e. The molecule has 0 aliphatic heterocycles. The lowest BCUT2D eigenvalue weighted by atomic mass is 9.75. The van der Waals surface area contributed by atoms with Gasteiger partial charge in [0.25, 0.3) is 0 Å². The summed E-state index contributed by atoms with van der Waals surface area (Å²) in [6, 6.07) is 0. The van der Waals surface area contributed by atoms with E-state index in [1.54, 1.807) is 6.08 Å². The molecule has 0 aromatic rings. The van der Waals surface area contributed by atoms with Gasteiger partial charge in [0, 0.05) is 5.41 Å². The van der Waals surface area contributed by atoms with Gasteiger partial charge in [-0.15, -0.1) is 0 Å². The highest BCUT2D eigenvalue weighted by molar-refractivity contribution is 6.21. The minimum atomic E-state index is -0.338. The van der Waals surface area contributed by atoms with Crippen molar-refractivity contribution in [1.29, 1.82) is 0 Å². The van der Waals surface area contributed by atoms with Crippen molar-refractivity contribution < 1.29 is 9.59 Å². The van der Waals surface area contributed by atoms with Crippen molar-refractivity contribution in [3.05, 3.63) is 11.6 Å². The van der Waals surface area contributed by atoms with E-state index in [9.17, 15) is 9.59 Å². The zero-order valence-electron chi connectivity index (χ0n) is 7.81. The number of allylic oxidation sites excluding steroid dienone is 2. The summed E-state index contributed by atoms with van der Waals surface area (Å²) in [7, 11) is 0. The Labute approximate surface area is 72.7 Å². The van der Waals surface area contributed by atoms with Gasteiger partial charge in [-0.2, -0.15) is 0 Å². The van der Waals surface area contributed by atoms with Gasteiger partial charge in [-0.1, -0.05) is 19.9 Å². The van der Waals surface area contributed by atoms with E-state index >= 15 is 0 Å². The van der Waals surface area contributed by atoms with Gasteiger partial charge in [0.15, 0.2) is 11.6 Å². The molecule has 0 amide bonds. The van der Waals surface area contributed by atoms with Crippen LogP contribution in [-0.4, -0.2) is 11.6 Å². The van der Waals surface area contributed by atoms with Gasteiger partial charge in [-0.05, 0) is 19.8 Å². The number of carbonyl (C=O) groups is 2. The summed E-state index contributed by atoms with van der Waals surface area (Å²) in [5, 5.41) is 0. The van der Waals surface area contributed by atoms with Crippen LogP contribution in [0.5, 0.6) is 0 Å². The lowest BCUT2D eigenvalue weighted by Crippen LogP contribution is -2.31. The zero-order chi connectivity index (χ0) is 9.35. The van der Waals surface area contributed by atoms with E-state index in [1.165, 1.54) is 6.92 Å². The average molecular weight is 166 g/mol. The maximum atomic E-state index is 11.6. The van der Waals surface area contributed by atoms with Gasteiger partial charge in [-0.3, -0.25) is 9.59 Å². The predicted octanol–water partition coefficient (Wildman–Crippen LogP) is 1.89. The number of hydrogen-bond donors (Lipinski definition) is 0. The summed E-state index contributed by atoms with van der Waals surface area (Å²) < 4.78 is 0. The van der Waals surface area contributed by atoms with Crippen LogP contribution in [0.1, 0.15) is 33.6 Å². The van der Waals surface area contributed by atoms with Crippen molar-refractivity contribution >= 4 is 11.6 Å². The van der Waals surface area contributed by atoms with Crippen molar-refractivity contribution in [3.8, 4) is 0 Å². The van der Waals surface area contributed by atoms with Crippen LogP contribution in [0.25, 0.3) is 0 Å². The van der Waals surface area contributed by atoms with E-state index < -0.39 is 0 Å². The van der Waals surface area contributed by atoms with Crippen molar-refractivity contribution in [2.24, 2.45) is 5.41 Å². The maximum absolute atomic E-state index is 11.6. The molecule has 0 unspecified atom stereocenters. The summed E-state index contributed by atoms with van der Waals surface area (Å²) in [6.45, 7) is 5.24. The summed E-state index contributed by atoms with van der Waals surface area (Å²) in [5.41, 5.74) is 0.0571. The molecule has 2 nitrogen and oxygen atoms in total. The first kappa shape index (κ1) is 9.17. The Hall–Kier alpha value is -0.920. The van der Waals surface area contributed by atoms with E-state index in [4.69, 9.17) is 0 Å². The van der Waals surface area contributed by atoms with E-state index in [0.29, 0.717) is 5.57 Å². The summed E-state index contributed by atoms with van der Waals surface area (Å²) in [6.07, 6.45) is 3.45. The second-order valence-corrected chi connectivity index (χ2v) is 3.93. The first-order chi connectivity index (χ1) is 5.45. The third-order valence-corrected chi connectivity index (χ3v) is 2.36. The SMILES string of the molecule is CC(=O)C1=CCCC(C)(C)C1=O. The molecule has 0 bridgehead atoms. The smallest absolute Gasteiger partial charge is 0.171 e. The Morgan fingerprint density at radius 3 is 2.50 bits per heavy atom. The number of carbonyl (C=O) groups excluding carboxylic acids is 2. The standard InChI is InChI=1S/C10H14O2/c1-7(11)8-5-4-6-10(2,3)9(8)12/h5H,4,6H2,1-3H3. The van der Waals surface area contributed by atoms with Crippen LogP contribution < -0.4 is 0 Å². The monoisotopic (exact) mass is 166 g/mol. The Morgan fingerprint density at radius 2 is 2.08 bits per heavy atom. The van der Waals surface area contributed by atoms with Crippen LogP contribution in [0.15, 0.2) is 11.6 Å². The zero-order valence-corrected chi connectivity index (χ0v) is 7.81. The number of hydrogen-bond acceptors (Lipinski definition) is 2.